The van der Waals surface area contributed by atoms with E-state index in [1.54, 1.807) is 43.6 Å². The molecular formula is C45H80N10. The third-order valence-electron chi connectivity index (χ3n) is 5.80. The zero-order valence-corrected chi connectivity index (χ0v) is 38.8. The minimum absolute atomic E-state index is 1.01. The summed E-state index contributed by atoms with van der Waals surface area (Å²) in [5.74, 6) is 0. The highest BCUT2D eigenvalue weighted by molar-refractivity contribution is 5.15. The summed E-state index contributed by atoms with van der Waals surface area (Å²) >= 11 is 0. The first-order valence-corrected chi connectivity index (χ1v) is 19.8. The summed E-state index contributed by atoms with van der Waals surface area (Å²) in [5.41, 5.74) is 11.0. The molecule has 10 nitrogen and oxygen atoms in total. The summed E-state index contributed by atoms with van der Waals surface area (Å²) in [7, 11) is 0. The SMILES string of the molecule is CCC.CCC.CCC.CCC.CCC.Cc1ccnnc1C.Cc1cncnc1C.Cc1cncnc1C.Cc1cnncc1C.Cc1nccnc1C. The first-order chi connectivity index (χ1) is 26.1. The van der Waals surface area contributed by atoms with Crippen LogP contribution in [0.15, 0.2) is 62.1 Å². The third-order valence-corrected chi connectivity index (χ3v) is 5.80. The van der Waals surface area contributed by atoms with Gasteiger partial charge in [0.1, 0.15) is 12.7 Å². The van der Waals surface area contributed by atoms with Gasteiger partial charge in [0, 0.05) is 42.4 Å². The van der Waals surface area contributed by atoms with Crippen LogP contribution < -0.4 is 0 Å². The molecular weight excluding hydrogens is 681 g/mol. The largest absolute Gasteiger partial charge is 0.258 e. The van der Waals surface area contributed by atoms with E-state index in [9.17, 15) is 0 Å². The topological polar surface area (TPSA) is 129 Å². The van der Waals surface area contributed by atoms with Gasteiger partial charge in [-0.25, -0.2) is 19.9 Å². The Morgan fingerprint density at radius 1 is 0.327 bits per heavy atom. The van der Waals surface area contributed by atoms with Crippen molar-refractivity contribution in [3.05, 3.63) is 118 Å². The van der Waals surface area contributed by atoms with Gasteiger partial charge in [0.2, 0.25) is 0 Å². The molecule has 0 aliphatic heterocycles. The Kier molecular flexibility index (Phi) is 49.4. The first kappa shape index (κ1) is 59.7. The van der Waals surface area contributed by atoms with E-state index in [0.29, 0.717) is 0 Å². The molecule has 0 aromatic carbocycles. The Morgan fingerprint density at radius 3 is 0.836 bits per heavy atom. The lowest BCUT2D eigenvalue weighted by atomic mass is 10.2. The molecule has 5 heterocycles. The minimum atomic E-state index is 1.01. The molecule has 0 amide bonds. The van der Waals surface area contributed by atoms with Crippen molar-refractivity contribution in [3.63, 3.8) is 0 Å². The Hall–Kier alpha value is -4.60. The third kappa shape index (κ3) is 43.7. The predicted octanol–water partition coefficient (Wildman–Crippen LogP) is 12.5. The fourth-order valence-corrected chi connectivity index (χ4v) is 2.31. The van der Waals surface area contributed by atoms with Crippen LogP contribution in [-0.2, 0) is 0 Å². The maximum absolute atomic E-state index is 4.02. The second kappa shape index (κ2) is 45.6. The Morgan fingerprint density at radius 2 is 0.655 bits per heavy atom. The lowest BCUT2D eigenvalue weighted by Crippen LogP contribution is -1.87. The van der Waals surface area contributed by atoms with Crippen molar-refractivity contribution in [2.24, 2.45) is 0 Å². The van der Waals surface area contributed by atoms with Crippen LogP contribution in [-0.4, -0.2) is 50.3 Å². The molecule has 0 radical (unpaired) electrons. The van der Waals surface area contributed by atoms with Crippen molar-refractivity contribution in [1.82, 2.24) is 50.3 Å². The average molecular weight is 761 g/mol. The van der Waals surface area contributed by atoms with Crippen molar-refractivity contribution < 1.29 is 0 Å². The maximum atomic E-state index is 4.02. The summed E-state index contributed by atoms with van der Waals surface area (Å²) < 4.78 is 0. The summed E-state index contributed by atoms with van der Waals surface area (Å²) in [6.07, 6.45) is 21.6. The van der Waals surface area contributed by atoms with Crippen LogP contribution in [0.2, 0.25) is 0 Å². The number of aryl methyl sites for hydroxylation is 10. The molecule has 0 saturated carbocycles. The van der Waals surface area contributed by atoms with Gasteiger partial charge in [0.15, 0.2) is 0 Å². The van der Waals surface area contributed by atoms with Gasteiger partial charge in [-0.1, -0.05) is 101 Å². The highest BCUT2D eigenvalue weighted by Gasteiger charge is 1.89. The molecule has 5 aromatic rings. The van der Waals surface area contributed by atoms with Crippen LogP contribution in [0.1, 0.15) is 158 Å². The van der Waals surface area contributed by atoms with Crippen LogP contribution in [0.25, 0.3) is 0 Å². The van der Waals surface area contributed by atoms with Gasteiger partial charge >= 0.3 is 0 Å². The maximum Gasteiger partial charge on any atom is 0.115 e. The van der Waals surface area contributed by atoms with E-state index in [2.05, 4.69) is 120 Å². The van der Waals surface area contributed by atoms with Crippen molar-refractivity contribution >= 4 is 0 Å². The summed E-state index contributed by atoms with van der Waals surface area (Å²) in [6.45, 7) is 41.1. The first-order valence-electron chi connectivity index (χ1n) is 19.8. The minimum Gasteiger partial charge on any atom is -0.258 e. The summed E-state index contributed by atoms with van der Waals surface area (Å²) in [4.78, 5) is 23.6. The van der Waals surface area contributed by atoms with Gasteiger partial charge in [-0.2, -0.15) is 20.4 Å². The van der Waals surface area contributed by atoms with E-state index < -0.39 is 0 Å². The van der Waals surface area contributed by atoms with Crippen LogP contribution in [0.4, 0.5) is 0 Å². The van der Waals surface area contributed by atoms with Crippen molar-refractivity contribution in [2.45, 2.75) is 171 Å². The monoisotopic (exact) mass is 761 g/mol. The molecule has 0 bridgehead atoms. The molecule has 0 saturated heterocycles. The van der Waals surface area contributed by atoms with Gasteiger partial charge in [0.05, 0.1) is 29.5 Å². The number of nitrogens with zero attached hydrogens (tertiary/aromatic N) is 10. The fourth-order valence-electron chi connectivity index (χ4n) is 2.31. The smallest absolute Gasteiger partial charge is 0.115 e. The molecule has 0 aliphatic carbocycles. The number of hydrogen-bond donors (Lipinski definition) is 0. The second-order valence-corrected chi connectivity index (χ2v) is 12.5. The predicted molar refractivity (Wildman–Crippen MR) is 237 cm³/mol. The molecule has 310 valence electrons. The van der Waals surface area contributed by atoms with Gasteiger partial charge in [-0.15, -0.1) is 0 Å². The van der Waals surface area contributed by atoms with Gasteiger partial charge in [0.25, 0.3) is 0 Å². The number of rotatable bonds is 0. The van der Waals surface area contributed by atoms with E-state index in [1.165, 1.54) is 48.8 Å². The zero-order valence-electron chi connectivity index (χ0n) is 38.8. The Labute approximate surface area is 338 Å². The van der Waals surface area contributed by atoms with Gasteiger partial charge in [-0.3, -0.25) is 9.97 Å². The van der Waals surface area contributed by atoms with E-state index in [1.807, 2.05) is 87.7 Å². The Balaban J connectivity index is -0.000000174. The number of aromatic nitrogens is 10. The standard InChI is InChI=1S/5C6H8N2.5C3H8/c2*1-5-3-7-4-8-6(5)2;1-5-3-7-8-4-6(5)2;1-5-6(2)8-4-3-7-5;1-5-3-4-7-8-6(5)2;5*1-3-2/h5*3-4H,1-2H3;5*3H2,1-2H3. The molecule has 55 heavy (non-hydrogen) atoms. The van der Waals surface area contributed by atoms with Crippen LogP contribution in [0.5, 0.6) is 0 Å². The van der Waals surface area contributed by atoms with E-state index in [0.717, 1.165) is 39.6 Å². The van der Waals surface area contributed by atoms with Crippen LogP contribution in [0, 0.1) is 69.2 Å². The summed E-state index contributed by atoms with van der Waals surface area (Å²) in [6, 6.07) is 1.95. The molecule has 0 unspecified atom stereocenters. The van der Waals surface area contributed by atoms with Gasteiger partial charge < -0.3 is 0 Å². The second-order valence-electron chi connectivity index (χ2n) is 12.5. The normalized spacial score (nSPS) is 8.36. The quantitative estimate of drug-likeness (QED) is 0.150. The highest BCUT2D eigenvalue weighted by Crippen LogP contribution is 1.99. The highest BCUT2D eigenvalue weighted by atomic mass is 15.1. The van der Waals surface area contributed by atoms with Crippen molar-refractivity contribution in [1.29, 1.82) is 0 Å². The molecule has 0 atom stereocenters. The summed E-state index contributed by atoms with van der Waals surface area (Å²) in [5, 5.41) is 14.9. The van der Waals surface area contributed by atoms with Gasteiger partial charge in [-0.05, 0) is 103 Å². The van der Waals surface area contributed by atoms with Crippen LogP contribution >= 0.6 is 0 Å². The van der Waals surface area contributed by atoms with E-state index in [4.69, 9.17) is 0 Å². The van der Waals surface area contributed by atoms with E-state index >= 15 is 0 Å². The van der Waals surface area contributed by atoms with Crippen molar-refractivity contribution in [2.75, 3.05) is 0 Å². The van der Waals surface area contributed by atoms with Crippen LogP contribution in [0.3, 0.4) is 0 Å². The Bertz CT molecular complexity index is 1140. The zero-order chi connectivity index (χ0) is 43.5. The fraction of sp³-hybridized carbons (Fsp3) is 0.556. The molecule has 5 rings (SSSR count). The molecule has 0 fully saturated rings. The molecule has 5 aromatic heterocycles. The average Bonchev–Trinajstić information content (AvgIpc) is 3.14. The number of hydrogen-bond acceptors (Lipinski definition) is 10. The lowest BCUT2D eigenvalue weighted by molar-refractivity contribution is 0.961. The lowest BCUT2D eigenvalue weighted by Gasteiger charge is -1.91. The molecule has 10 heteroatoms. The molecule has 0 spiro atoms. The molecule has 0 aliphatic rings. The van der Waals surface area contributed by atoms with Crippen molar-refractivity contribution in [3.8, 4) is 0 Å². The van der Waals surface area contributed by atoms with E-state index in [-0.39, 0.29) is 0 Å². The molecule has 0 N–H and O–H groups in total.